The summed E-state index contributed by atoms with van der Waals surface area (Å²) in [7, 11) is 1.62. The number of hydrogen-bond donors (Lipinski definition) is 0. The second kappa shape index (κ2) is 3.77. The summed E-state index contributed by atoms with van der Waals surface area (Å²) in [4.78, 5) is 11.6. The molecule has 0 spiro atoms. The Hall–Kier alpha value is -1.77. The van der Waals surface area contributed by atoms with E-state index >= 15 is 0 Å². The summed E-state index contributed by atoms with van der Waals surface area (Å²) in [5.41, 5.74) is 0.947. The van der Waals surface area contributed by atoms with Gasteiger partial charge >= 0.3 is 0 Å². The van der Waals surface area contributed by atoms with Crippen molar-refractivity contribution in [3.8, 4) is 5.75 Å². The van der Waals surface area contributed by atoms with Gasteiger partial charge in [0.2, 0.25) is 0 Å². The van der Waals surface area contributed by atoms with E-state index in [0.29, 0.717) is 6.54 Å². The maximum absolute atomic E-state index is 11.6. The highest BCUT2D eigenvalue weighted by molar-refractivity contribution is 5.80. The molecular weight excluding hydrogens is 190 g/mol. The van der Waals surface area contributed by atoms with Gasteiger partial charge in [0, 0.05) is 18.7 Å². The average molecular weight is 203 g/mol. The monoisotopic (exact) mass is 203 g/mol. The summed E-state index contributed by atoms with van der Waals surface area (Å²) in [6.45, 7) is 2.63. The van der Waals surface area contributed by atoms with Crippen molar-refractivity contribution in [3.05, 3.63) is 40.7 Å². The molecule has 0 radical (unpaired) electrons. The van der Waals surface area contributed by atoms with Gasteiger partial charge in [-0.3, -0.25) is 4.79 Å². The van der Waals surface area contributed by atoms with Crippen molar-refractivity contribution in [1.29, 1.82) is 0 Å². The molecular formula is C12H13NO2. The zero-order chi connectivity index (χ0) is 10.8. The number of fused-ring (bicyclic) bond motifs is 1. The Morgan fingerprint density at radius 1 is 1.27 bits per heavy atom. The number of aryl methyl sites for hydroxylation is 1. The lowest BCUT2D eigenvalue weighted by Crippen LogP contribution is -2.17. The minimum Gasteiger partial charge on any atom is -0.497 e. The lowest BCUT2D eigenvalue weighted by atomic mass is 10.2. The maximum atomic E-state index is 11.6. The van der Waals surface area contributed by atoms with E-state index in [9.17, 15) is 4.79 Å². The van der Waals surface area contributed by atoms with Gasteiger partial charge in [-0.15, -0.1) is 0 Å². The van der Waals surface area contributed by atoms with E-state index in [1.54, 1.807) is 17.7 Å². The van der Waals surface area contributed by atoms with Gasteiger partial charge in [-0.25, -0.2) is 0 Å². The lowest BCUT2D eigenvalue weighted by molar-refractivity contribution is 0.415. The third-order valence-electron chi connectivity index (χ3n) is 2.52. The molecule has 0 fully saturated rings. The summed E-state index contributed by atoms with van der Waals surface area (Å²) in [5.74, 6) is 0.773. The van der Waals surface area contributed by atoms with E-state index in [4.69, 9.17) is 4.74 Å². The first-order valence-electron chi connectivity index (χ1n) is 4.94. The SMILES string of the molecule is CCn1c(=O)ccc2ccc(OC)cc21. The Morgan fingerprint density at radius 3 is 2.67 bits per heavy atom. The summed E-state index contributed by atoms with van der Waals surface area (Å²) < 4.78 is 6.88. The van der Waals surface area contributed by atoms with E-state index in [2.05, 4.69) is 0 Å². The van der Waals surface area contributed by atoms with Crippen LogP contribution in [0.2, 0.25) is 0 Å². The molecule has 3 heteroatoms. The van der Waals surface area contributed by atoms with Gasteiger partial charge < -0.3 is 9.30 Å². The van der Waals surface area contributed by atoms with Crippen molar-refractivity contribution in [1.82, 2.24) is 4.57 Å². The molecule has 78 valence electrons. The van der Waals surface area contributed by atoms with Crippen LogP contribution >= 0.6 is 0 Å². The number of ether oxygens (including phenoxy) is 1. The van der Waals surface area contributed by atoms with Gasteiger partial charge in [0.25, 0.3) is 5.56 Å². The molecule has 0 aliphatic carbocycles. The van der Waals surface area contributed by atoms with Gasteiger partial charge in [0.1, 0.15) is 5.75 Å². The highest BCUT2D eigenvalue weighted by Crippen LogP contribution is 2.19. The van der Waals surface area contributed by atoms with Crippen LogP contribution in [0, 0.1) is 0 Å². The predicted octanol–water partition coefficient (Wildman–Crippen LogP) is 2.03. The second-order valence-corrected chi connectivity index (χ2v) is 3.34. The van der Waals surface area contributed by atoms with E-state index in [0.717, 1.165) is 16.7 Å². The second-order valence-electron chi connectivity index (χ2n) is 3.34. The van der Waals surface area contributed by atoms with Crippen molar-refractivity contribution in [2.75, 3.05) is 7.11 Å². The van der Waals surface area contributed by atoms with Crippen LogP contribution in [0.1, 0.15) is 6.92 Å². The molecule has 0 bridgehead atoms. The fraction of sp³-hybridized carbons (Fsp3) is 0.250. The molecule has 3 nitrogen and oxygen atoms in total. The van der Waals surface area contributed by atoms with Crippen molar-refractivity contribution in [2.24, 2.45) is 0 Å². The summed E-state index contributed by atoms with van der Waals surface area (Å²) in [6.07, 6.45) is 0. The minimum absolute atomic E-state index is 0.0262. The van der Waals surface area contributed by atoms with Crippen LogP contribution in [-0.2, 0) is 6.54 Å². The molecule has 15 heavy (non-hydrogen) atoms. The number of methoxy groups -OCH3 is 1. The Bertz CT molecular complexity index is 543. The fourth-order valence-corrected chi connectivity index (χ4v) is 1.72. The number of nitrogens with zero attached hydrogens (tertiary/aromatic N) is 1. The molecule has 0 aliphatic heterocycles. The molecule has 0 N–H and O–H groups in total. The molecule has 2 rings (SSSR count). The molecule has 1 aromatic heterocycles. The maximum Gasteiger partial charge on any atom is 0.251 e. The smallest absolute Gasteiger partial charge is 0.251 e. The summed E-state index contributed by atoms with van der Waals surface area (Å²) in [6, 6.07) is 9.17. The van der Waals surface area contributed by atoms with Crippen LogP contribution < -0.4 is 10.3 Å². The molecule has 0 amide bonds. The topological polar surface area (TPSA) is 31.2 Å². The number of benzene rings is 1. The average Bonchev–Trinajstić information content (AvgIpc) is 2.28. The molecule has 0 atom stereocenters. The third kappa shape index (κ3) is 1.61. The molecule has 0 unspecified atom stereocenters. The van der Waals surface area contributed by atoms with Crippen LogP contribution in [0.3, 0.4) is 0 Å². The molecule has 0 saturated heterocycles. The Morgan fingerprint density at radius 2 is 2.00 bits per heavy atom. The van der Waals surface area contributed by atoms with Crippen molar-refractivity contribution in [2.45, 2.75) is 13.5 Å². The predicted molar refractivity (Wildman–Crippen MR) is 60.4 cm³/mol. The van der Waals surface area contributed by atoms with Crippen molar-refractivity contribution >= 4 is 10.9 Å². The van der Waals surface area contributed by atoms with Gasteiger partial charge in [-0.05, 0) is 30.5 Å². The quantitative estimate of drug-likeness (QED) is 0.747. The number of rotatable bonds is 2. The van der Waals surface area contributed by atoms with E-state index in [1.165, 1.54) is 0 Å². The van der Waals surface area contributed by atoms with E-state index in [-0.39, 0.29) is 5.56 Å². The summed E-state index contributed by atoms with van der Waals surface area (Å²) >= 11 is 0. The number of hydrogen-bond acceptors (Lipinski definition) is 2. The fourth-order valence-electron chi connectivity index (χ4n) is 1.72. The van der Waals surface area contributed by atoms with Crippen LogP contribution in [0.5, 0.6) is 5.75 Å². The molecule has 1 heterocycles. The van der Waals surface area contributed by atoms with Gasteiger partial charge in [0.05, 0.1) is 12.6 Å². The highest BCUT2D eigenvalue weighted by atomic mass is 16.5. The number of pyridine rings is 1. The highest BCUT2D eigenvalue weighted by Gasteiger charge is 2.02. The number of aromatic nitrogens is 1. The van der Waals surface area contributed by atoms with Gasteiger partial charge in [0.15, 0.2) is 0 Å². The summed E-state index contributed by atoms with van der Waals surface area (Å²) in [5, 5.41) is 1.05. The molecule has 0 saturated carbocycles. The van der Waals surface area contributed by atoms with Gasteiger partial charge in [-0.2, -0.15) is 0 Å². The van der Waals surface area contributed by atoms with Crippen molar-refractivity contribution < 1.29 is 4.74 Å². The Labute approximate surface area is 87.9 Å². The lowest BCUT2D eigenvalue weighted by Gasteiger charge is -2.08. The largest absolute Gasteiger partial charge is 0.497 e. The van der Waals surface area contributed by atoms with Crippen molar-refractivity contribution in [3.63, 3.8) is 0 Å². The van der Waals surface area contributed by atoms with E-state index < -0.39 is 0 Å². The zero-order valence-electron chi connectivity index (χ0n) is 8.86. The molecule has 0 aliphatic rings. The molecule has 1 aromatic carbocycles. The van der Waals surface area contributed by atoms with Crippen LogP contribution in [-0.4, -0.2) is 11.7 Å². The van der Waals surface area contributed by atoms with Crippen LogP contribution in [0.4, 0.5) is 0 Å². The van der Waals surface area contributed by atoms with Gasteiger partial charge in [-0.1, -0.05) is 0 Å². The minimum atomic E-state index is 0.0262. The normalized spacial score (nSPS) is 10.5. The first-order chi connectivity index (χ1) is 7.26. The van der Waals surface area contributed by atoms with Crippen LogP contribution in [0.15, 0.2) is 35.1 Å². The zero-order valence-corrected chi connectivity index (χ0v) is 8.86. The third-order valence-corrected chi connectivity index (χ3v) is 2.52. The first kappa shape index (κ1) is 9.77. The first-order valence-corrected chi connectivity index (χ1v) is 4.94. The Balaban J connectivity index is 2.82. The Kier molecular flexibility index (Phi) is 2.46. The van der Waals surface area contributed by atoms with E-state index in [1.807, 2.05) is 31.2 Å². The van der Waals surface area contributed by atoms with Crippen LogP contribution in [0.25, 0.3) is 10.9 Å². The molecule has 2 aromatic rings. The standard InChI is InChI=1S/C12H13NO2/c1-3-13-11-8-10(15-2)6-4-9(11)5-7-12(13)14/h4-8H,3H2,1-2H3.